The quantitative estimate of drug-likeness (QED) is 0.565. The number of amides is 2. The Morgan fingerprint density at radius 3 is 2.38 bits per heavy atom. The zero-order valence-corrected chi connectivity index (χ0v) is 16.2. The Balaban J connectivity index is 1.85. The van der Waals surface area contributed by atoms with Gasteiger partial charge in [0, 0.05) is 22.0 Å². The SMILES string of the molecule is CCn1cc(NC(=O)c2ccccc2I)c(C(=O)Nc2ccccc2)n1. The molecule has 0 fully saturated rings. The van der Waals surface area contributed by atoms with Crippen LogP contribution in [0, 0.1) is 3.57 Å². The minimum Gasteiger partial charge on any atom is -0.321 e. The van der Waals surface area contributed by atoms with Gasteiger partial charge in [-0.1, -0.05) is 30.3 Å². The molecule has 0 unspecified atom stereocenters. The number of hydrogen-bond acceptors (Lipinski definition) is 3. The summed E-state index contributed by atoms with van der Waals surface area (Å²) in [5.41, 5.74) is 1.77. The van der Waals surface area contributed by atoms with Crippen LogP contribution in [-0.4, -0.2) is 21.6 Å². The third-order valence-electron chi connectivity index (χ3n) is 3.70. The number of carbonyl (C=O) groups excluding carboxylic acids is 2. The standard InChI is InChI=1S/C19H17IN4O2/c1-2-24-12-16(22-18(25)14-10-6-7-11-15(14)20)17(23-24)19(26)21-13-8-4-3-5-9-13/h3-12H,2H2,1H3,(H,21,26)(H,22,25). The number of halogens is 1. The summed E-state index contributed by atoms with van der Waals surface area (Å²) in [6.07, 6.45) is 1.66. The first-order valence-electron chi connectivity index (χ1n) is 8.08. The van der Waals surface area contributed by atoms with Crippen molar-refractivity contribution in [3.63, 3.8) is 0 Å². The molecule has 0 aliphatic carbocycles. The lowest BCUT2D eigenvalue weighted by Gasteiger charge is -2.07. The summed E-state index contributed by atoms with van der Waals surface area (Å²) in [6, 6.07) is 16.4. The fourth-order valence-corrected chi connectivity index (χ4v) is 3.02. The van der Waals surface area contributed by atoms with Crippen molar-refractivity contribution in [3.8, 4) is 0 Å². The third-order valence-corrected chi connectivity index (χ3v) is 4.64. The van der Waals surface area contributed by atoms with E-state index in [1.165, 1.54) is 0 Å². The molecule has 0 saturated carbocycles. The van der Waals surface area contributed by atoms with Crippen molar-refractivity contribution in [2.24, 2.45) is 0 Å². The molecule has 26 heavy (non-hydrogen) atoms. The van der Waals surface area contributed by atoms with Crippen LogP contribution in [0.5, 0.6) is 0 Å². The Labute approximate surface area is 164 Å². The van der Waals surface area contributed by atoms with E-state index in [0.717, 1.165) is 3.57 Å². The fraction of sp³-hybridized carbons (Fsp3) is 0.105. The number of aryl methyl sites for hydroxylation is 1. The Hall–Kier alpha value is -2.68. The highest BCUT2D eigenvalue weighted by atomic mass is 127. The molecule has 2 aromatic carbocycles. The summed E-state index contributed by atoms with van der Waals surface area (Å²) in [6.45, 7) is 2.50. The molecule has 3 aromatic rings. The molecule has 7 heteroatoms. The summed E-state index contributed by atoms with van der Waals surface area (Å²) in [4.78, 5) is 25.2. The molecular weight excluding hydrogens is 443 g/mol. The van der Waals surface area contributed by atoms with Gasteiger partial charge in [0.1, 0.15) is 0 Å². The van der Waals surface area contributed by atoms with Crippen molar-refractivity contribution in [1.82, 2.24) is 9.78 Å². The minimum absolute atomic E-state index is 0.176. The van der Waals surface area contributed by atoms with Gasteiger partial charge in [0.25, 0.3) is 11.8 Å². The van der Waals surface area contributed by atoms with Gasteiger partial charge in [0.05, 0.1) is 11.3 Å². The van der Waals surface area contributed by atoms with Gasteiger partial charge in [0.15, 0.2) is 5.69 Å². The van der Waals surface area contributed by atoms with Gasteiger partial charge in [-0.2, -0.15) is 5.10 Å². The maximum Gasteiger partial charge on any atom is 0.278 e. The van der Waals surface area contributed by atoms with Crippen LogP contribution < -0.4 is 10.6 Å². The van der Waals surface area contributed by atoms with Crippen LogP contribution in [-0.2, 0) is 6.54 Å². The van der Waals surface area contributed by atoms with E-state index in [-0.39, 0.29) is 17.5 Å². The highest BCUT2D eigenvalue weighted by Gasteiger charge is 2.20. The van der Waals surface area contributed by atoms with E-state index < -0.39 is 0 Å². The molecule has 2 N–H and O–H groups in total. The van der Waals surface area contributed by atoms with E-state index in [9.17, 15) is 9.59 Å². The van der Waals surface area contributed by atoms with Crippen molar-refractivity contribution >= 4 is 45.8 Å². The van der Waals surface area contributed by atoms with E-state index in [0.29, 0.717) is 23.5 Å². The van der Waals surface area contributed by atoms with Crippen LogP contribution in [0.2, 0.25) is 0 Å². The Bertz CT molecular complexity index is 938. The molecule has 0 aliphatic rings. The van der Waals surface area contributed by atoms with Crippen LogP contribution >= 0.6 is 22.6 Å². The summed E-state index contributed by atoms with van der Waals surface area (Å²) in [5, 5.41) is 9.88. The van der Waals surface area contributed by atoms with E-state index in [1.807, 2.05) is 37.3 Å². The minimum atomic E-state index is -0.374. The highest BCUT2D eigenvalue weighted by molar-refractivity contribution is 14.1. The molecular formula is C19H17IN4O2. The molecule has 1 aromatic heterocycles. The molecule has 0 radical (unpaired) electrons. The molecule has 132 valence electrons. The Morgan fingerprint density at radius 2 is 1.69 bits per heavy atom. The Morgan fingerprint density at radius 1 is 1.00 bits per heavy atom. The van der Waals surface area contributed by atoms with Crippen LogP contribution in [0.15, 0.2) is 60.8 Å². The van der Waals surface area contributed by atoms with Crippen molar-refractivity contribution in [2.75, 3.05) is 10.6 Å². The van der Waals surface area contributed by atoms with Gasteiger partial charge in [-0.25, -0.2) is 0 Å². The number of benzene rings is 2. The van der Waals surface area contributed by atoms with Crippen LogP contribution in [0.25, 0.3) is 0 Å². The average Bonchev–Trinajstić information content (AvgIpc) is 3.06. The number of nitrogens with one attached hydrogen (secondary N) is 2. The number of carbonyl (C=O) groups is 2. The lowest BCUT2D eigenvalue weighted by atomic mass is 10.2. The molecule has 0 atom stereocenters. The highest BCUT2D eigenvalue weighted by Crippen LogP contribution is 2.19. The molecule has 2 amide bonds. The van der Waals surface area contributed by atoms with E-state index in [2.05, 4.69) is 38.3 Å². The average molecular weight is 460 g/mol. The summed E-state index contributed by atoms with van der Waals surface area (Å²) in [5.74, 6) is -0.652. The third kappa shape index (κ3) is 4.10. The smallest absolute Gasteiger partial charge is 0.278 e. The van der Waals surface area contributed by atoms with Crippen molar-refractivity contribution < 1.29 is 9.59 Å². The van der Waals surface area contributed by atoms with Gasteiger partial charge < -0.3 is 10.6 Å². The topological polar surface area (TPSA) is 76.0 Å². The molecule has 0 aliphatic heterocycles. The molecule has 0 spiro atoms. The molecule has 1 heterocycles. The van der Waals surface area contributed by atoms with Crippen LogP contribution in [0.3, 0.4) is 0 Å². The second-order valence-electron chi connectivity index (χ2n) is 5.50. The normalized spacial score (nSPS) is 10.4. The van der Waals surface area contributed by atoms with Gasteiger partial charge in [-0.3, -0.25) is 14.3 Å². The largest absolute Gasteiger partial charge is 0.321 e. The maximum absolute atomic E-state index is 12.6. The predicted molar refractivity (Wildman–Crippen MR) is 109 cm³/mol. The fourth-order valence-electron chi connectivity index (χ4n) is 2.39. The zero-order chi connectivity index (χ0) is 18.5. The van der Waals surface area contributed by atoms with E-state index in [1.54, 1.807) is 35.1 Å². The number of rotatable bonds is 5. The summed E-state index contributed by atoms with van der Waals surface area (Å²) < 4.78 is 2.45. The zero-order valence-electron chi connectivity index (χ0n) is 14.1. The predicted octanol–water partition coefficient (Wildman–Crippen LogP) is 4.01. The lowest BCUT2D eigenvalue weighted by Crippen LogP contribution is -2.18. The first-order chi connectivity index (χ1) is 12.6. The van der Waals surface area contributed by atoms with Gasteiger partial charge in [-0.15, -0.1) is 0 Å². The van der Waals surface area contributed by atoms with Crippen molar-refractivity contribution in [1.29, 1.82) is 0 Å². The first kappa shape index (κ1) is 18.1. The number of para-hydroxylation sites is 1. The van der Waals surface area contributed by atoms with Gasteiger partial charge in [0.2, 0.25) is 0 Å². The van der Waals surface area contributed by atoms with Crippen molar-refractivity contribution in [3.05, 3.63) is 75.6 Å². The van der Waals surface area contributed by atoms with Crippen LogP contribution in [0.4, 0.5) is 11.4 Å². The second kappa shape index (κ2) is 8.13. The van der Waals surface area contributed by atoms with E-state index >= 15 is 0 Å². The summed E-state index contributed by atoms with van der Waals surface area (Å²) >= 11 is 2.11. The van der Waals surface area contributed by atoms with Gasteiger partial charge >= 0.3 is 0 Å². The van der Waals surface area contributed by atoms with Crippen LogP contribution in [0.1, 0.15) is 27.8 Å². The van der Waals surface area contributed by atoms with Crippen molar-refractivity contribution in [2.45, 2.75) is 13.5 Å². The lowest BCUT2D eigenvalue weighted by molar-refractivity contribution is 0.102. The molecule has 3 rings (SSSR count). The Kier molecular flexibility index (Phi) is 5.67. The molecule has 0 saturated heterocycles. The second-order valence-corrected chi connectivity index (χ2v) is 6.66. The molecule has 0 bridgehead atoms. The molecule has 6 nitrogen and oxygen atoms in total. The number of nitrogens with zero attached hydrogens (tertiary/aromatic N) is 2. The maximum atomic E-state index is 12.6. The first-order valence-corrected chi connectivity index (χ1v) is 9.16. The van der Waals surface area contributed by atoms with E-state index in [4.69, 9.17) is 0 Å². The number of anilines is 2. The number of aromatic nitrogens is 2. The van der Waals surface area contributed by atoms with Gasteiger partial charge in [-0.05, 0) is 53.8 Å². The monoisotopic (exact) mass is 460 g/mol. The number of hydrogen-bond donors (Lipinski definition) is 2. The summed E-state index contributed by atoms with van der Waals surface area (Å²) in [7, 11) is 0.